The normalized spacial score (nSPS) is 19.0. The quantitative estimate of drug-likeness (QED) is 0.733. The molecule has 0 saturated heterocycles. The van der Waals surface area contributed by atoms with E-state index in [0.717, 1.165) is 25.0 Å². The molecule has 1 aliphatic rings. The van der Waals surface area contributed by atoms with E-state index in [9.17, 15) is 5.11 Å². The van der Waals surface area contributed by atoms with Crippen LogP contribution in [0.25, 0.3) is 0 Å². The van der Waals surface area contributed by atoms with E-state index < -0.39 is 0 Å². The van der Waals surface area contributed by atoms with E-state index in [1.54, 1.807) is 0 Å². The summed E-state index contributed by atoms with van der Waals surface area (Å²) >= 11 is 0. The molecule has 3 nitrogen and oxygen atoms in total. The Morgan fingerprint density at radius 1 is 1.33 bits per heavy atom. The molecule has 1 fully saturated rings. The van der Waals surface area contributed by atoms with Crippen LogP contribution >= 0.6 is 0 Å². The first-order chi connectivity index (χ1) is 10.0. The summed E-state index contributed by atoms with van der Waals surface area (Å²) in [4.78, 5) is 0. The van der Waals surface area contributed by atoms with Gasteiger partial charge in [0.1, 0.15) is 5.75 Å². The number of aliphatic hydroxyl groups excluding tert-OH is 1. The summed E-state index contributed by atoms with van der Waals surface area (Å²) in [6, 6.07) is 8.96. The molecule has 1 saturated carbocycles. The first kappa shape index (κ1) is 16.3. The van der Waals surface area contributed by atoms with Gasteiger partial charge < -0.3 is 15.2 Å². The molecule has 0 aromatic heterocycles. The predicted octanol–water partition coefficient (Wildman–Crippen LogP) is 3.30. The molecule has 1 aromatic rings. The Morgan fingerprint density at radius 3 is 2.52 bits per heavy atom. The van der Waals surface area contributed by atoms with E-state index >= 15 is 0 Å². The standard InChI is InChI=1S/C18H29NO2/c1-4-5-15-6-10-17(11-7-15)21-14(2)12-18(3,13-20)19-16-8-9-16/h6-7,10-11,14,16,19-20H,4-5,8-9,12-13H2,1-3H3. The summed E-state index contributed by atoms with van der Waals surface area (Å²) in [5, 5.41) is 13.2. The fourth-order valence-electron chi connectivity index (χ4n) is 2.82. The van der Waals surface area contributed by atoms with Crippen molar-refractivity contribution in [2.75, 3.05) is 6.61 Å². The molecule has 0 heterocycles. The maximum absolute atomic E-state index is 9.65. The summed E-state index contributed by atoms with van der Waals surface area (Å²) in [7, 11) is 0. The minimum Gasteiger partial charge on any atom is -0.491 e. The van der Waals surface area contributed by atoms with Crippen LogP contribution in [0.4, 0.5) is 0 Å². The molecule has 0 amide bonds. The molecule has 0 aliphatic heterocycles. The van der Waals surface area contributed by atoms with Crippen molar-refractivity contribution in [2.45, 2.75) is 70.6 Å². The highest BCUT2D eigenvalue weighted by atomic mass is 16.5. The lowest BCUT2D eigenvalue weighted by Gasteiger charge is -2.32. The van der Waals surface area contributed by atoms with Crippen LogP contribution in [0, 0.1) is 0 Å². The minimum absolute atomic E-state index is 0.0745. The molecule has 2 unspecified atom stereocenters. The zero-order valence-corrected chi connectivity index (χ0v) is 13.6. The zero-order valence-electron chi connectivity index (χ0n) is 13.6. The lowest BCUT2D eigenvalue weighted by atomic mass is 9.95. The van der Waals surface area contributed by atoms with E-state index in [1.807, 2.05) is 12.1 Å². The van der Waals surface area contributed by atoms with Gasteiger partial charge in [-0.05, 0) is 50.8 Å². The van der Waals surface area contributed by atoms with Crippen LogP contribution in [0.15, 0.2) is 24.3 Å². The van der Waals surface area contributed by atoms with Crippen LogP contribution in [0.3, 0.4) is 0 Å². The Balaban J connectivity index is 1.85. The van der Waals surface area contributed by atoms with Crippen LogP contribution in [0.2, 0.25) is 0 Å². The van der Waals surface area contributed by atoms with Gasteiger partial charge in [0.2, 0.25) is 0 Å². The number of benzene rings is 1. The van der Waals surface area contributed by atoms with E-state index in [1.165, 1.54) is 18.4 Å². The molecule has 1 aromatic carbocycles. The van der Waals surface area contributed by atoms with Gasteiger partial charge in [0, 0.05) is 18.0 Å². The predicted molar refractivity (Wildman–Crippen MR) is 86.8 cm³/mol. The highest BCUT2D eigenvalue weighted by molar-refractivity contribution is 5.27. The SMILES string of the molecule is CCCc1ccc(OC(C)CC(C)(CO)NC2CC2)cc1. The molecule has 118 valence electrons. The molecule has 0 radical (unpaired) electrons. The van der Waals surface area contributed by atoms with Crippen LogP contribution < -0.4 is 10.1 Å². The summed E-state index contributed by atoms with van der Waals surface area (Å²) in [5.74, 6) is 0.911. The Bertz CT molecular complexity index is 427. The van der Waals surface area contributed by atoms with Gasteiger partial charge in [-0.25, -0.2) is 0 Å². The molecule has 2 atom stereocenters. The number of aryl methyl sites for hydroxylation is 1. The van der Waals surface area contributed by atoms with Crippen molar-refractivity contribution in [1.82, 2.24) is 5.32 Å². The molecule has 21 heavy (non-hydrogen) atoms. The second-order valence-corrected chi connectivity index (χ2v) is 6.66. The third kappa shape index (κ3) is 5.33. The van der Waals surface area contributed by atoms with Gasteiger partial charge in [-0.3, -0.25) is 0 Å². The van der Waals surface area contributed by atoms with Crippen molar-refractivity contribution in [2.24, 2.45) is 0 Å². The highest BCUT2D eigenvalue weighted by Crippen LogP contribution is 2.25. The first-order valence-corrected chi connectivity index (χ1v) is 8.19. The fraction of sp³-hybridized carbons (Fsp3) is 0.667. The maximum Gasteiger partial charge on any atom is 0.119 e. The molecule has 0 spiro atoms. The summed E-state index contributed by atoms with van der Waals surface area (Å²) in [5.41, 5.74) is 1.11. The fourth-order valence-corrected chi connectivity index (χ4v) is 2.82. The molecule has 1 aliphatic carbocycles. The molecule has 2 rings (SSSR count). The van der Waals surface area contributed by atoms with Crippen LogP contribution in [-0.2, 0) is 6.42 Å². The van der Waals surface area contributed by atoms with Crippen molar-refractivity contribution in [3.8, 4) is 5.75 Å². The van der Waals surface area contributed by atoms with E-state index in [-0.39, 0.29) is 18.2 Å². The number of hydrogen-bond donors (Lipinski definition) is 2. The van der Waals surface area contributed by atoms with Crippen LogP contribution in [0.1, 0.15) is 52.0 Å². The van der Waals surface area contributed by atoms with E-state index in [0.29, 0.717) is 6.04 Å². The van der Waals surface area contributed by atoms with Gasteiger partial charge in [-0.1, -0.05) is 25.5 Å². The van der Waals surface area contributed by atoms with Gasteiger partial charge in [0.25, 0.3) is 0 Å². The van der Waals surface area contributed by atoms with Crippen molar-refractivity contribution in [3.63, 3.8) is 0 Å². The third-order valence-electron chi connectivity index (χ3n) is 4.02. The molecular formula is C18H29NO2. The minimum atomic E-state index is -0.247. The van der Waals surface area contributed by atoms with Crippen molar-refractivity contribution in [1.29, 1.82) is 0 Å². The van der Waals surface area contributed by atoms with Gasteiger partial charge in [0.15, 0.2) is 0 Å². The largest absolute Gasteiger partial charge is 0.491 e. The summed E-state index contributed by atoms with van der Waals surface area (Å²) < 4.78 is 6.00. The van der Waals surface area contributed by atoms with Gasteiger partial charge in [0.05, 0.1) is 12.7 Å². The summed E-state index contributed by atoms with van der Waals surface area (Å²) in [6.45, 7) is 6.49. The number of aliphatic hydroxyl groups is 1. The Morgan fingerprint density at radius 2 is 2.00 bits per heavy atom. The third-order valence-corrected chi connectivity index (χ3v) is 4.02. The summed E-state index contributed by atoms with van der Waals surface area (Å²) in [6.07, 6.45) is 5.61. The number of ether oxygens (including phenoxy) is 1. The van der Waals surface area contributed by atoms with Crippen LogP contribution in [-0.4, -0.2) is 29.4 Å². The maximum atomic E-state index is 9.65. The molecule has 0 bridgehead atoms. The molecule has 2 N–H and O–H groups in total. The average molecular weight is 291 g/mol. The average Bonchev–Trinajstić information content (AvgIpc) is 3.25. The smallest absolute Gasteiger partial charge is 0.119 e. The topological polar surface area (TPSA) is 41.5 Å². The number of nitrogens with one attached hydrogen (secondary N) is 1. The Kier molecular flexibility index (Phi) is 5.65. The lowest BCUT2D eigenvalue weighted by Crippen LogP contribution is -2.49. The lowest BCUT2D eigenvalue weighted by molar-refractivity contribution is 0.108. The monoisotopic (exact) mass is 291 g/mol. The van der Waals surface area contributed by atoms with Crippen molar-refractivity contribution < 1.29 is 9.84 Å². The van der Waals surface area contributed by atoms with Crippen molar-refractivity contribution in [3.05, 3.63) is 29.8 Å². The highest BCUT2D eigenvalue weighted by Gasteiger charge is 2.33. The molecule has 3 heteroatoms. The van der Waals surface area contributed by atoms with Gasteiger partial charge in [-0.15, -0.1) is 0 Å². The second-order valence-electron chi connectivity index (χ2n) is 6.66. The number of rotatable bonds is 9. The number of hydrogen-bond acceptors (Lipinski definition) is 3. The van der Waals surface area contributed by atoms with Gasteiger partial charge in [-0.2, -0.15) is 0 Å². The van der Waals surface area contributed by atoms with Gasteiger partial charge >= 0.3 is 0 Å². The zero-order chi connectivity index (χ0) is 15.3. The van der Waals surface area contributed by atoms with E-state index in [4.69, 9.17) is 4.74 Å². The first-order valence-electron chi connectivity index (χ1n) is 8.19. The van der Waals surface area contributed by atoms with Crippen molar-refractivity contribution >= 4 is 0 Å². The molecular weight excluding hydrogens is 262 g/mol. The Hall–Kier alpha value is -1.06. The second kappa shape index (κ2) is 7.28. The van der Waals surface area contributed by atoms with E-state index in [2.05, 4.69) is 38.2 Å². The Labute approximate surface area is 128 Å². The van der Waals surface area contributed by atoms with Crippen LogP contribution in [0.5, 0.6) is 5.75 Å².